The molecule has 3 nitrogen and oxygen atoms in total. The van der Waals surface area contributed by atoms with E-state index in [2.05, 4.69) is 27.4 Å². The first kappa shape index (κ1) is 11.0. The molecule has 2 bridgehead atoms. The molecule has 5 heteroatoms. The van der Waals surface area contributed by atoms with Crippen LogP contribution in [0, 0.1) is 0 Å². The Morgan fingerprint density at radius 1 is 1.00 bits per heavy atom. The maximum atomic E-state index is 7.57. The van der Waals surface area contributed by atoms with Crippen molar-refractivity contribution in [1.82, 2.24) is 15.3 Å². The molecule has 2 atom stereocenters. The van der Waals surface area contributed by atoms with Gasteiger partial charge in [-0.2, -0.15) is 0 Å². The molecule has 4 rings (SSSR count). The van der Waals surface area contributed by atoms with Gasteiger partial charge >= 0.3 is 0 Å². The molecule has 0 radical (unpaired) electrons. The van der Waals surface area contributed by atoms with Gasteiger partial charge in [0.25, 0.3) is 0 Å². The number of hydrogen-bond donors (Lipinski definition) is 1. The summed E-state index contributed by atoms with van der Waals surface area (Å²) in [6, 6.07) is 4.15. The van der Waals surface area contributed by atoms with E-state index in [9.17, 15) is 0 Å². The number of nitrogens with one attached hydrogen (secondary N) is 1. The van der Waals surface area contributed by atoms with Crippen LogP contribution in [-0.4, -0.2) is 23.1 Å². The van der Waals surface area contributed by atoms with Gasteiger partial charge in [0.15, 0.2) is 0 Å². The van der Waals surface area contributed by atoms with Gasteiger partial charge in [0, 0.05) is 25.4 Å². The summed E-state index contributed by atoms with van der Waals surface area (Å²) >= 11 is 0. The van der Waals surface area contributed by atoms with E-state index < -0.39 is 0 Å². The van der Waals surface area contributed by atoms with Crippen LogP contribution in [-0.2, 0) is 0 Å². The third-order valence-electron chi connectivity index (χ3n) is 3.81. The van der Waals surface area contributed by atoms with Gasteiger partial charge in [-0.15, -0.1) is 24.8 Å². The predicted molar refractivity (Wildman–Crippen MR) is 77.0 cm³/mol. The molecule has 0 saturated carbocycles. The molecular formula is C13H15Cl2N3. The molecule has 2 unspecified atom stereocenters. The van der Waals surface area contributed by atoms with E-state index in [0.29, 0.717) is 11.8 Å². The molecule has 1 aliphatic heterocycles. The summed E-state index contributed by atoms with van der Waals surface area (Å²) < 4.78 is 15.1. The molecule has 1 aromatic carbocycles. The van der Waals surface area contributed by atoms with Crippen LogP contribution in [0.3, 0.4) is 0 Å². The van der Waals surface area contributed by atoms with Crippen molar-refractivity contribution in [1.29, 1.82) is 0 Å². The minimum atomic E-state index is -0.0402. The second kappa shape index (κ2) is 5.00. The highest BCUT2D eigenvalue weighted by atomic mass is 35.5. The van der Waals surface area contributed by atoms with E-state index in [4.69, 9.17) is 2.74 Å². The Bertz CT molecular complexity index is 611. The van der Waals surface area contributed by atoms with Gasteiger partial charge in [-0.25, -0.2) is 0 Å². The molecule has 96 valence electrons. The van der Waals surface area contributed by atoms with Crippen LogP contribution >= 0.6 is 24.8 Å². The van der Waals surface area contributed by atoms with Crippen molar-refractivity contribution in [3.63, 3.8) is 0 Å². The Labute approximate surface area is 121 Å². The maximum Gasteiger partial charge on any atom is 0.0889 e. The molecule has 2 aromatic rings. The second-order valence-corrected chi connectivity index (χ2v) is 4.70. The molecule has 1 aromatic heterocycles. The summed E-state index contributed by atoms with van der Waals surface area (Å²) in [4.78, 5) is 8.33. The summed E-state index contributed by atoms with van der Waals surface area (Å²) in [5, 5.41) is 3.46. The number of piperidine rings is 1. The third kappa shape index (κ3) is 1.87. The van der Waals surface area contributed by atoms with Crippen LogP contribution in [0.2, 0.25) is 0 Å². The van der Waals surface area contributed by atoms with Crippen molar-refractivity contribution >= 4 is 35.8 Å². The first-order valence-corrected chi connectivity index (χ1v) is 5.72. The number of rotatable bonds is 0. The Hall–Kier alpha value is -0.900. The fourth-order valence-electron chi connectivity index (χ4n) is 3.08. The smallest absolute Gasteiger partial charge is 0.0889 e. The molecule has 0 amide bonds. The number of hydrogen-bond acceptors (Lipinski definition) is 3. The Morgan fingerprint density at radius 2 is 1.50 bits per heavy atom. The summed E-state index contributed by atoms with van der Waals surface area (Å²) in [6.07, 6.45) is 1.13. The maximum absolute atomic E-state index is 7.57. The summed E-state index contributed by atoms with van der Waals surface area (Å²) in [5.74, 6) is 1.16. The van der Waals surface area contributed by atoms with Gasteiger partial charge in [0.2, 0.25) is 0 Å². The normalized spacial score (nSPS) is 25.6. The largest absolute Gasteiger partial charge is 0.316 e. The molecule has 2 heterocycles. The summed E-state index contributed by atoms with van der Waals surface area (Å²) in [5.41, 5.74) is 4.23. The highest BCUT2D eigenvalue weighted by Crippen LogP contribution is 2.44. The van der Waals surface area contributed by atoms with Crippen molar-refractivity contribution in [2.75, 3.05) is 13.1 Å². The fourth-order valence-corrected chi connectivity index (χ4v) is 3.08. The fraction of sp³-hybridized carbons (Fsp3) is 0.385. The van der Waals surface area contributed by atoms with Crippen molar-refractivity contribution in [3.05, 3.63) is 35.6 Å². The molecule has 1 N–H and O–H groups in total. The highest BCUT2D eigenvalue weighted by Gasteiger charge is 2.34. The van der Waals surface area contributed by atoms with Crippen molar-refractivity contribution in [2.24, 2.45) is 0 Å². The average molecular weight is 288 g/mol. The van der Waals surface area contributed by atoms with E-state index in [1.165, 1.54) is 17.5 Å². The molecule has 1 aliphatic carbocycles. The molecule has 2 aliphatic rings. The SMILES string of the molecule is Cl.Cl.[2H]c1[15n]c2cc3c(cc2[15n]c1[2H])C1CNCC3C1. The molecular weight excluding hydrogens is 271 g/mol. The Kier molecular flexibility index (Phi) is 3.05. The van der Waals surface area contributed by atoms with E-state index >= 15 is 0 Å². The van der Waals surface area contributed by atoms with E-state index in [0.717, 1.165) is 24.1 Å². The summed E-state index contributed by atoms with van der Waals surface area (Å²) in [6.45, 7) is 2.07. The lowest BCUT2D eigenvalue weighted by atomic mass is 9.98. The topological polar surface area (TPSA) is 37.8 Å². The Balaban J connectivity index is 0.000000735. The number of aromatic nitrogens is 2. The van der Waals surface area contributed by atoms with Crippen LogP contribution in [0.5, 0.6) is 0 Å². The molecule has 1 fully saturated rings. The molecule has 1 saturated heterocycles. The molecule has 18 heavy (non-hydrogen) atoms. The highest BCUT2D eigenvalue weighted by molar-refractivity contribution is 5.85. The van der Waals surface area contributed by atoms with E-state index in [1.54, 1.807) is 0 Å². The zero-order valence-corrected chi connectivity index (χ0v) is 11.3. The first-order valence-electron chi connectivity index (χ1n) is 6.72. The van der Waals surface area contributed by atoms with Crippen LogP contribution in [0.4, 0.5) is 0 Å². The summed E-state index contributed by atoms with van der Waals surface area (Å²) in [7, 11) is 0. The van der Waals surface area contributed by atoms with Crippen molar-refractivity contribution in [2.45, 2.75) is 18.3 Å². The first-order chi connectivity index (χ1) is 8.72. The quantitative estimate of drug-likeness (QED) is 0.810. The Morgan fingerprint density at radius 3 is 2.00 bits per heavy atom. The van der Waals surface area contributed by atoms with Gasteiger partial charge in [-0.05, 0) is 41.5 Å². The third-order valence-corrected chi connectivity index (χ3v) is 3.81. The van der Waals surface area contributed by atoms with Crippen molar-refractivity contribution in [3.8, 4) is 0 Å². The lowest BCUT2D eigenvalue weighted by Gasteiger charge is -2.19. The van der Waals surface area contributed by atoms with Gasteiger partial charge in [0.05, 0.1) is 13.8 Å². The monoisotopic (exact) mass is 287 g/mol. The van der Waals surface area contributed by atoms with Crippen LogP contribution < -0.4 is 5.32 Å². The zero-order valence-electron chi connectivity index (χ0n) is 11.6. The van der Waals surface area contributed by atoms with Crippen molar-refractivity contribution < 1.29 is 2.74 Å². The van der Waals surface area contributed by atoms with Gasteiger partial charge in [0.1, 0.15) is 0 Å². The molecule has 0 spiro atoms. The van der Waals surface area contributed by atoms with E-state index in [1.807, 2.05) is 0 Å². The number of fused-ring (bicyclic) bond motifs is 6. The number of nitrogens with zero attached hydrogens (tertiary/aromatic N) is 2. The number of halogens is 2. The minimum absolute atomic E-state index is 0. The lowest BCUT2D eigenvalue weighted by Crippen LogP contribution is -2.28. The van der Waals surface area contributed by atoms with Gasteiger partial charge in [-0.1, -0.05) is 0 Å². The zero-order chi connectivity index (χ0) is 12.3. The number of benzene rings is 1. The second-order valence-electron chi connectivity index (χ2n) is 4.70. The van der Waals surface area contributed by atoms with Crippen LogP contribution in [0.1, 0.15) is 32.1 Å². The van der Waals surface area contributed by atoms with Gasteiger partial charge in [-0.3, -0.25) is 9.97 Å². The van der Waals surface area contributed by atoms with Gasteiger partial charge < -0.3 is 5.32 Å². The van der Waals surface area contributed by atoms with Crippen LogP contribution in [0.15, 0.2) is 24.5 Å². The van der Waals surface area contributed by atoms with Crippen LogP contribution in [0.25, 0.3) is 11.0 Å². The lowest BCUT2D eigenvalue weighted by molar-refractivity contribution is 0.454. The minimum Gasteiger partial charge on any atom is -0.316 e. The van der Waals surface area contributed by atoms with E-state index in [-0.39, 0.29) is 37.2 Å². The average Bonchev–Trinajstić information content (AvgIpc) is 2.61. The predicted octanol–water partition coefficient (Wildman–Crippen LogP) is 2.65. The standard InChI is InChI=1S/C13H13N3.2ClH/c1-2-16-13-5-11-9-3-8(6-14-7-9)10(11)4-12(13)15-1;;/h1-2,4-5,8-9,14H,3,6-7H2;2*1H/i1D,2D,15+1,16+1;;.